The van der Waals surface area contributed by atoms with Gasteiger partial charge in [-0.3, -0.25) is 4.57 Å². The predicted molar refractivity (Wildman–Crippen MR) is 101 cm³/mol. The van der Waals surface area contributed by atoms with Crippen LogP contribution >= 0.6 is 35.7 Å². The van der Waals surface area contributed by atoms with Crippen LogP contribution in [0.1, 0.15) is 5.56 Å². The molecule has 118 valence electrons. The molecule has 1 aliphatic heterocycles. The van der Waals surface area contributed by atoms with Crippen LogP contribution in [-0.2, 0) is 6.54 Å². The minimum absolute atomic E-state index is 0. The first-order valence-electron chi connectivity index (χ1n) is 6.89. The summed E-state index contributed by atoms with van der Waals surface area (Å²) in [5.41, 5.74) is 7.12. The van der Waals surface area contributed by atoms with Gasteiger partial charge in [-0.05, 0) is 6.07 Å². The number of pyridine rings is 1. The fourth-order valence-electron chi connectivity index (χ4n) is 2.23. The van der Waals surface area contributed by atoms with Gasteiger partial charge in [0.05, 0.1) is 6.54 Å². The van der Waals surface area contributed by atoms with E-state index < -0.39 is 0 Å². The molecular weight excluding hydrogens is 411 g/mol. The average Bonchev–Trinajstić information content (AvgIpc) is 3.08. The van der Waals surface area contributed by atoms with Crippen LogP contribution in [0.2, 0.25) is 0 Å². The molecule has 2 aromatic heterocycles. The number of aliphatic imine (C=N–C) groups is 1. The van der Waals surface area contributed by atoms with Crippen molar-refractivity contribution in [3.8, 4) is 5.82 Å². The summed E-state index contributed by atoms with van der Waals surface area (Å²) in [6, 6.07) is 3.93. The minimum Gasteiger partial charge on any atom is -0.370 e. The summed E-state index contributed by atoms with van der Waals surface area (Å²) < 4.78 is 1.89. The molecule has 1 fully saturated rings. The number of imidazole rings is 1. The summed E-state index contributed by atoms with van der Waals surface area (Å²) in [5, 5.41) is 0. The van der Waals surface area contributed by atoms with Gasteiger partial charge in [0.15, 0.2) is 5.96 Å². The third-order valence-corrected chi connectivity index (χ3v) is 4.31. The van der Waals surface area contributed by atoms with E-state index in [9.17, 15) is 0 Å². The predicted octanol–water partition coefficient (Wildman–Crippen LogP) is 1.75. The van der Waals surface area contributed by atoms with E-state index >= 15 is 0 Å². The minimum atomic E-state index is 0. The summed E-state index contributed by atoms with van der Waals surface area (Å²) in [6.45, 7) is 2.47. The second-order valence-corrected chi connectivity index (χ2v) is 5.95. The highest BCUT2D eigenvalue weighted by atomic mass is 127. The number of aromatic nitrogens is 3. The van der Waals surface area contributed by atoms with Crippen LogP contribution in [0.25, 0.3) is 5.82 Å². The van der Waals surface area contributed by atoms with Crippen LogP contribution in [0.3, 0.4) is 0 Å². The van der Waals surface area contributed by atoms with E-state index in [1.54, 1.807) is 18.7 Å². The Morgan fingerprint density at radius 3 is 2.86 bits per heavy atom. The van der Waals surface area contributed by atoms with Gasteiger partial charge in [-0.1, -0.05) is 6.07 Å². The summed E-state index contributed by atoms with van der Waals surface area (Å²) in [6.07, 6.45) is 7.12. The molecule has 3 rings (SSSR count). The van der Waals surface area contributed by atoms with E-state index in [4.69, 9.17) is 5.73 Å². The van der Waals surface area contributed by atoms with Crippen molar-refractivity contribution in [2.75, 3.05) is 24.6 Å². The Balaban J connectivity index is 0.00000176. The van der Waals surface area contributed by atoms with Crippen LogP contribution in [0, 0.1) is 0 Å². The Morgan fingerprint density at radius 1 is 1.32 bits per heavy atom. The molecule has 0 aliphatic carbocycles. The SMILES string of the molecule is I.NC(=NCc1cccnc1-n1ccnc1)N1CCSCC1. The maximum absolute atomic E-state index is 6.09. The van der Waals surface area contributed by atoms with E-state index in [-0.39, 0.29) is 24.0 Å². The van der Waals surface area contributed by atoms with Crippen molar-refractivity contribution in [2.24, 2.45) is 10.7 Å². The Labute approximate surface area is 151 Å². The first kappa shape index (κ1) is 17.1. The third kappa shape index (κ3) is 4.13. The van der Waals surface area contributed by atoms with Crippen LogP contribution in [0.15, 0.2) is 42.0 Å². The molecule has 0 atom stereocenters. The van der Waals surface area contributed by atoms with Gasteiger partial charge in [0, 0.05) is 48.7 Å². The molecule has 0 saturated carbocycles. The summed E-state index contributed by atoms with van der Waals surface area (Å²) in [5.74, 6) is 3.70. The second kappa shape index (κ2) is 8.37. The lowest BCUT2D eigenvalue weighted by Crippen LogP contribution is -2.42. The molecule has 3 heterocycles. The Kier molecular flexibility index (Phi) is 6.49. The molecule has 8 heteroatoms. The van der Waals surface area contributed by atoms with Crippen molar-refractivity contribution < 1.29 is 0 Å². The first-order chi connectivity index (χ1) is 10.3. The van der Waals surface area contributed by atoms with E-state index in [2.05, 4.69) is 19.9 Å². The Hall–Kier alpha value is -1.29. The molecule has 0 amide bonds. The van der Waals surface area contributed by atoms with Crippen molar-refractivity contribution in [2.45, 2.75) is 6.54 Å². The topological polar surface area (TPSA) is 72.3 Å². The third-order valence-electron chi connectivity index (χ3n) is 3.36. The largest absolute Gasteiger partial charge is 0.370 e. The molecule has 0 aromatic carbocycles. The van der Waals surface area contributed by atoms with Crippen molar-refractivity contribution in [1.29, 1.82) is 0 Å². The standard InChI is InChI=1S/C14H18N6S.HI/c15-14(19-6-8-21-9-7-19)18-10-12-2-1-3-17-13(12)20-5-4-16-11-20;/h1-5,11H,6-10H2,(H2,15,18);1H. The molecule has 1 saturated heterocycles. The van der Waals surface area contributed by atoms with Crippen molar-refractivity contribution in [3.63, 3.8) is 0 Å². The number of guanidine groups is 1. The highest BCUT2D eigenvalue weighted by Crippen LogP contribution is 2.13. The van der Waals surface area contributed by atoms with Gasteiger partial charge < -0.3 is 10.6 Å². The molecule has 1 aliphatic rings. The van der Waals surface area contributed by atoms with Crippen molar-refractivity contribution in [3.05, 3.63) is 42.6 Å². The normalized spacial score (nSPS) is 15.5. The average molecular weight is 430 g/mol. The van der Waals surface area contributed by atoms with Gasteiger partial charge in [-0.25, -0.2) is 15.0 Å². The van der Waals surface area contributed by atoms with Gasteiger partial charge in [0.1, 0.15) is 12.1 Å². The number of nitrogens with two attached hydrogens (primary N) is 1. The van der Waals surface area contributed by atoms with E-state index in [0.717, 1.165) is 36.0 Å². The second-order valence-electron chi connectivity index (χ2n) is 4.73. The maximum atomic E-state index is 6.09. The number of hydrogen-bond acceptors (Lipinski definition) is 4. The van der Waals surface area contributed by atoms with Gasteiger partial charge >= 0.3 is 0 Å². The highest BCUT2D eigenvalue weighted by molar-refractivity contribution is 14.0. The molecule has 2 N–H and O–H groups in total. The lowest BCUT2D eigenvalue weighted by molar-refractivity contribution is 0.455. The highest BCUT2D eigenvalue weighted by Gasteiger charge is 2.12. The van der Waals surface area contributed by atoms with E-state index in [0.29, 0.717) is 12.5 Å². The number of thioether (sulfide) groups is 1. The lowest BCUT2D eigenvalue weighted by Gasteiger charge is -2.27. The molecule has 0 bridgehead atoms. The zero-order chi connectivity index (χ0) is 14.5. The molecular formula is C14H19IN6S. The summed E-state index contributed by atoms with van der Waals surface area (Å²) >= 11 is 1.96. The monoisotopic (exact) mass is 430 g/mol. The maximum Gasteiger partial charge on any atom is 0.191 e. The van der Waals surface area contributed by atoms with Crippen molar-refractivity contribution >= 4 is 41.7 Å². The molecule has 6 nitrogen and oxygen atoms in total. The lowest BCUT2D eigenvalue weighted by atomic mass is 10.2. The van der Waals surface area contributed by atoms with Gasteiger partial charge in [-0.2, -0.15) is 11.8 Å². The summed E-state index contributed by atoms with van der Waals surface area (Å²) in [7, 11) is 0. The van der Waals surface area contributed by atoms with Gasteiger partial charge in [0.2, 0.25) is 0 Å². The van der Waals surface area contributed by atoms with E-state index in [1.807, 2.05) is 34.7 Å². The summed E-state index contributed by atoms with van der Waals surface area (Å²) in [4.78, 5) is 15.1. The Morgan fingerprint density at radius 2 is 2.14 bits per heavy atom. The zero-order valence-electron chi connectivity index (χ0n) is 12.1. The zero-order valence-corrected chi connectivity index (χ0v) is 15.3. The quantitative estimate of drug-likeness (QED) is 0.457. The fourth-order valence-corrected chi connectivity index (χ4v) is 3.13. The molecule has 0 spiro atoms. The number of halogens is 1. The van der Waals surface area contributed by atoms with E-state index in [1.165, 1.54) is 0 Å². The molecule has 2 aromatic rings. The van der Waals surface area contributed by atoms with Gasteiger partial charge in [-0.15, -0.1) is 24.0 Å². The number of hydrogen-bond donors (Lipinski definition) is 1. The van der Waals surface area contributed by atoms with Crippen LogP contribution in [0.5, 0.6) is 0 Å². The molecule has 0 radical (unpaired) electrons. The smallest absolute Gasteiger partial charge is 0.191 e. The number of rotatable bonds is 3. The molecule has 22 heavy (non-hydrogen) atoms. The Bertz CT molecular complexity index is 610. The van der Waals surface area contributed by atoms with Crippen molar-refractivity contribution in [1.82, 2.24) is 19.4 Å². The first-order valence-corrected chi connectivity index (χ1v) is 8.05. The van der Waals surface area contributed by atoms with Crippen LogP contribution in [0.4, 0.5) is 0 Å². The molecule has 0 unspecified atom stereocenters. The van der Waals surface area contributed by atoms with Gasteiger partial charge in [0.25, 0.3) is 0 Å². The van der Waals surface area contributed by atoms with Crippen LogP contribution < -0.4 is 5.73 Å². The van der Waals surface area contributed by atoms with Crippen LogP contribution in [-0.4, -0.2) is 50.0 Å². The number of nitrogens with zero attached hydrogens (tertiary/aromatic N) is 5. The fraction of sp³-hybridized carbons (Fsp3) is 0.357.